The lowest BCUT2D eigenvalue weighted by Gasteiger charge is -2.32. The molecule has 0 bridgehead atoms. The Balaban J connectivity index is 4.23. The third-order valence-corrected chi connectivity index (χ3v) is 6.91. The molecule has 0 amide bonds. The van der Waals surface area contributed by atoms with Gasteiger partial charge >= 0.3 is 39.4 Å². The Morgan fingerprint density at radius 3 is 1.25 bits per heavy atom. The summed E-state index contributed by atoms with van der Waals surface area (Å²) in [5.74, 6) is -16.8. The predicted molar refractivity (Wildman–Crippen MR) is 115 cm³/mol. The Labute approximate surface area is 206 Å². The molecule has 0 aromatic heterocycles. The number of alkyl halides is 9. The Bertz CT molecular complexity index is 738. The summed E-state index contributed by atoms with van der Waals surface area (Å²) in [6, 6.07) is 0. The van der Waals surface area contributed by atoms with Gasteiger partial charge in [0.05, 0.1) is 0 Å². The van der Waals surface area contributed by atoms with E-state index in [0.29, 0.717) is 12.8 Å². The van der Waals surface area contributed by atoms with Gasteiger partial charge in [-0.1, -0.05) is 96.8 Å². The van der Waals surface area contributed by atoms with Crippen molar-refractivity contribution in [3.8, 4) is 0 Å². The standard InChI is InChI=1S/C22H35F9O4S/c1-2-3-4-5-6-7-8-9-10-11-12-13-14-15-16-17-18(32)35-36(33,34)22(30,31)20(25,26)19(23,24)21(27,28)29/h2-17H2,1H3. The molecule has 4 nitrogen and oxygen atoms in total. The second-order valence-corrected chi connectivity index (χ2v) is 10.4. The van der Waals surface area contributed by atoms with Gasteiger partial charge in [0, 0.05) is 6.42 Å². The van der Waals surface area contributed by atoms with E-state index in [9.17, 15) is 52.7 Å². The van der Waals surface area contributed by atoms with Crippen LogP contribution >= 0.6 is 0 Å². The fraction of sp³-hybridized carbons (Fsp3) is 0.955. The van der Waals surface area contributed by atoms with Crippen LogP contribution in [0.15, 0.2) is 0 Å². The fourth-order valence-corrected chi connectivity index (χ4v) is 4.25. The molecule has 0 rings (SSSR count). The molecular weight excluding hydrogens is 531 g/mol. The van der Waals surface area contributed by atoms with E-state index >= 15 is 0 Å². The van der Waals surface area contributed by atoms with Crippen molar-refractivity contribution >= 4 is 16.1 Å². The van der Waals surface area contributed by atoms with Crippen LogP contribution in [0.25, 0.3) is 0 Å². The van der Waals surface area contributed by atoms with Crippen molar-refractivity contribution < 1.29 is 56.9 Å². The molecule has 36 heavy (non-hydrogen) atoms. The van der Waals surface area contributed by atoms with Gasteiger partial charge in [0.2, 0.25) is 0 Å². The van der Waals surface area contributed by atoms with Crippen molar-refractivity contribution in [1.29, 1.82) is 0 Å². The van der Waals surface area contributed by atoms with Gasteiger partial charge in [0.15, 0.2) is 0 Å². The minimum Gasteiger partial charge on any atom is -0.341 e. The molecule has 0 saturated carbocycles. The molecule has 0 spiro atoms. The minimum absolute atomic E-state index is 0.0763. The topological polar surface area (TPSA) is 60.4 Å². The van der Waals surface area contributed by atoms with Crippen LogP contribution in [-0.4, -0.2) is 37.7 Å². The smallest absolute Gasteiger partial charge is 0.341 e. The van der Waals surface area contributed by atoms with Crippen LogP contribution in [0.2, 0.25) is 0 Å². The highest BCUT2D eigenvalue weighted by Gasteiger charge is 2.86. The molecule has 14 heteroatoms. The van der Waals surface area contributed by atoms with Gasteiger partial charge < -0.3 is 4.18 Å². The van der Waals surface area contributed by atoms with Gasteiger partial charge in [-0.3, -0.25) is 4.79 Å². The zero-order valence-electron chi connectivity index (χ0n) is 20.3. The van der Waals surface area contributed by atoms with Gasteiger partial charge in [-0.15, -0.1) is 0 Å². The molecule has 0 aliphatic carbocycles. The van der Waals surface area contributed by atoms with E-state index in [-0.39, 0.29) is 6.42 Å². The second-order valence-electron chi connectivity index (χ2n) is 8.77. The summed E-state index contributed by atoms with van der Waals surface area (Å²) >= 11 is 0. The molecule has 0 N–H and O–H groups in total. The number of halogens is 9. The largest absolute Gasteiger partial charge is 0.460 e. The van der Waals surface area contributed by atoms with Crippen molar-refractivity contribution in [3.05, 3.63) is 0 Å². The molecule has 216 valence electrons. The number of carbonyl (C=O) groups is 1. The Hall–Kier alpha value is -1.21. The molecule has 0 aliphatic rings. The van der Waals surface area contributed by atoms with E-state index < -0.39 is 45.8 Å². The molecule has 0 heterocycles. The number of unbranched alkanes of at least 4 members (excludes halogenated alkanes) is 14. The first-order valence-electron chi connectivity index (χ1n) is 12.1. The molecule has 0 unspecified atom stereocenters. The lowest BCUT2D eigenvalue weighted by Crippen LogP contribution is -2.63. The van der Waals surface area contributed by atoms with E-state index in [1.807, 2.05) is 0 Å². The first-order valence-corrected chi connectivity index (χ1v) is 13.5. The van der Waals surface area contributed by atoms with E-state index in [1.165, 1.54) is 44.9 Å². The summed E-state index contributed by atoms with van der Waals surface area (Å²) < 4.78 is 141. The minimum atomic E-state index is -7.42. The maximum Gasteiger partial charge on any atom is 0.460 e. The van der Waals surface area contributed by atoms with Gasteiger partial charge in [-0.25, -0.2) is 0 Å². The molecule has 0 aliphatic heterocycles. The van der Waals surface area contributed by atoms with Gasteiger partial charge in [-0.05, 0) is 6.42 Å². The third-order valence-electron chi connectivity index (χ3n) is 5.62. The van der Waals surface area contributed by atoms with E-state index in [1.54, 1.807) is 0 Å². The van der Waals surface area contributed by atoms with Crippen molar-refractivity contribution in [3.63, 3.8) is 0 Å². The van der Waals surface area contributed by atoms with Crippen LogP contribution in [0.3, 0.4) is 0 Å². The highest BCUT2D eigenvalue weighted by atomic mass is 32.2. The van der Waals surface area contributed by atoms with Crippen molar-refractivity contribution in [2.24, 2.45) is 0 Å². The molecule has 0 saturated heterocycles. The van der Waals surface area contributed by atoms with Crippen molar-refractivity contribution in [1.82, 2.24) is 0 Å². The lowest BCUT2D eigenvalue weighted by molar-refractivity contribution is -0.382. The monoisotopic (exact) mass is 566 g/mol. The lowest BCUT2D eigenvalue weighted by atomic mass is 10.0. The maximum atomic E-state index is 13.5. The van der Waals surface area contributed by atoms with Gasteiger partial charge in [-0.2, -0.15) is 47.9 Å². The number of hydrogen-bond donors (Lipinski definition) is 0. The predicted octanol–water partition coefficient (Wildman–Crippen LogP) is 8.55. The van der Waals surface area contributed by atoms with E-state index in [4.69, 9.17) is 0 Å². The first kappa shape index (κ1) is 34.8. The number of hydrogen-bond acceptors (Lipinski definition) is 4. The summed E-state index contributed by atoms with van der Waals surface area (Å²) in [4.78, 5) is 11.4. The molecule has 0 aromatic carbocycles. The van der Waals surface area contributed by atoms with Crippen LogP contribution in [-0.2, 0) is 19.1 Å². The normalized spacial score (nSPS) is 13.7. The van der Waals surface area contributed by atoms with Crippen LogP contribution in [0.4, 0.5) is 39.5 Å². The van der Waals surface area contributed by atoms with Crippen LogP contribution in [0.1, 0.15) is 110 Å². The van der Waals surface area contributed by atoms with E-state index in [0.717, 1.165) is 32.1 Å². The molecule has 0 fully saturated rings. The fourth-order valence-electron chi connectivity index (χ4n) is 3.37. The van der Waals surface area contributed by atoms with Crippen molar-refractivity contribution in [2.75, 3.05) is 0 Å². The van der Waals surface area contributed by atoms with E-state index in [2.05, 4.69) is 11.1 Å². The summed E-state index contributed by atoms with van der Waals surface area (Å²) in [5, 5.41) is -7.02. The first-order chi connectivity index (χ1) is 16.5. The number of rotatable bonds is 20. The van der Waals surface area contributed by atoms with Gasteiger partial charge in [0.25, 0.3) is 0 Å². The van der Waals surface area contributed by atoms with Crippen molar-refractivity contribution in [2.45, 2.75) is 133 Å². The maximum absolute atomic E-state index is 13.5. The van der Waals surface area contributed by atoms with Crippen LogP contribution in [0.5, 0.6) is 0 Å². The van der Waals surface area contributed by atoms with Gasteiger partial charge in [0.1, 0.15) is 0 Å². The Morgan fingerprint density at radius 1 is 0.583 bits per heavy atom. The van der Waals surface area contributed by atoms with Crippen LogP contribution < -0.4 is 0 Å². The summed E-state index contributed by atoms with van der Waals surface area (Å²) in [6.45, 7) is 2.17. The average Bonchev–Trinajstić information content (AvgIpc) is 2.74. The average molecular weight is 567 g/mol. The van der Waals surface area contributed by atoms with Crippen LogP contribution in [0, 0.1) is 0 Å². The molecule has 0 atom stereocenters. The highest BCUT2D eigenvalue weighted by molar-refractivity contribution is 7.88. The highest BCUT2D eigenvalue weighted by Crippen LogP contribution is 2.55. The SMILES string of the molecule is CCCCCCCCCCCCCCCCCC(=O)OS(=O)(=O)C(F)(F)C(F)(F)C(F)(F)C(F)(F)F. The zero-order chi connectivity index (χ0) is 28.1. The Morgan fingerprint density at radius 2 is 0.917 bits per heavy atom. The third kappa shape index (κ3) is 10.3. The summed E-state index contributed by atoms with van der Waals surface area (Å²) in [6.07, 6.45) is 6.38. The molecular formula is C22H35F9O4S. The summed E-state index contributed by atoms with van der Waals surface area (Å²) in [7, 11) is -7.14. The second kappa shape index (κ2) is 15.3. The quantitative estimate of drug-likeness (QED) is 0.0842. The Kier molecular flexibility index (Phi) is 14.7. The summed E-state index contributed by atoms with van der Waals surface area (Å²) in [5.41, 5.74) is 0. The zero-order valence-corrected chi connectivity index (χ0v) is 21.1. The number of carbonyl (C=O) groups excluding carboxylic acids is 1. The molecule has 0 radical (unpaired) electrons. The molecule has 0 aromatic rings.